The number of hydrogen-bond acceptors (Lipinski definition) is 3. The maximum Gasteiger partial charge on any atom is 0.275 e. The third kappa shape index (κ3) is 3.88. The summed E-state index contributed by atoms with van der Waals surface area (Å²) in [7, 11) is 0. The smallest absolute Gasteiger partial charge is 0.275 e. The molecule has 1 aromatic heterocycles. The van der Waals surface area contributed by atoms with Crippen LogP contribution in [0.25, 0.3) is 0 Å². The average Bonchev–Trinajstić information content (AvgIpc) is 3.02. The fourth-order valence-electron chi connectivity index (χ4n) is 3.11. The topological polar surface area (TPSA) is 58.4 Å². The van der Waals surface area contributed by atoms with Gasteiger partial charge in [0.1, 0.15) is 0 Å². The van der Waals surface area contributed by atoms with Gasteiger partial charge in [-0.15, -0.1) is 0 Å². The molecule has 1 fully saturated rings. The van der Waals surface area contributed by atoms with E-state index in [1.165, 1.54) is 15.8 Å². The number of aromatic nitrogens is 2. The first kappa shape index (κ1) is 17.8. The number of nitrogens with zero attached hydrogens (tertiary/aromatic N) is 3. The fourth-order valence-corrected chi connectivity index (χ4v) is 3.11. The van der Waals surface area contributed by atoms with E-state index in [1.54, 1.807) is 13.8 Å². The largest absolute Gasteiger partial charge is 0.388 e. The number of rotatable bonds is 5. The lowest BCUT2D eigenvalue weighted by Crippen LogP contribution is -2.48. The molecule has 2 rings (SSSR count). The molecule has 1 aliphatic rings. The highest BCUT2D eigenvalue weighted by Gasteiger charge is 2.40. The Labute approximate surface area is 135 Å². The van der Waals surface area contributed by atoms with Crippen molar-refractivity contribution in [2.24, 2.45) is 5.92 Å². The minimum absolute atomic E-state index is 0.197. The monoisotopic (exact) mass is 329 g/mol. The van der Waals surface area contributed by atoms with Gasteiger partial charge in [0, 0.05) is 19.3 Å². The summed E-state index contributed by atoms with van der Waals surface area (Å²) in [5.74, 6) is -0.285. The molecule has 7 heteroatoms. The Bertz CT molecular complexity index is 564. The van der Waals surface area contributed by atoms with Crippen LogP contribution in [0.15, 0.2) is 6.20 Å². The Morgan fingerprint density at radius 3 is 2.65 bits per heavy atom. The van der Waals surface area contributed by atoms with E-state index in [-0.39, 0.29) is 23.2 Å². The van der Waals surface area contributed by atoms with Gasteiger partial charge in [-0.1, -0.05) is 13.8 Å². The SMILES string of the molecule is CC(C)Cn1cc(C(F)F)c(C(=O)N2CCCC2C(C)(C)O)n1. The van der Waals surface area contributed by atoms with Crippen molar-refractivity contribution in [1.82, 2.24) is 14.7 Å². The maximum atomic E-state index is 13.3. The van der Waals surface area contributed by atoms with Crippen molar-refractivity contribution in [3.8, 4) is 0 Å². The van der Waals surface area contributed by atoms with Crippen LogP contribution in [0, 0.1) is 5.92 Å². The van der Waals surface area contributed by atoms with Gasteiger partial charge >= 0.3 is 0 Å². The van der Waals surface area contributed by atoms with Crippen LogP contribution in [-0.4, -0.2) is 43.9 Å². The molecule has 0 aromatic carbocycles. The average molecular weight is 329 g/mol. The van der Waals surface area contributed by atoms with E-state index in [2.05, 4.69) is 5.10 Å². The van der Waals surface area contributed by atoms with E-state index in [9.17, 15) is 18.7 Å². The van der Waals surface area contributed by atoms with E-state index < -0.39 is 17.9 Å². The van der Waals surface area contributed by atoms with Gasteiger partial charge in [-0.2, -0.15) is 5.10 Å². The highest BCUT2D eigenvalue weighted by atomic mass is 19.3. The van der Waals surface area contributed by atoms with Crippen molar-refractivity contribution >= 4 is 5.91 Å². The first-order chi connectivity index (χ1) is 10.6. The van der Waals surface area contributed by atoms with Crippen LogP contribution >= 0.6 is 0 Å². The van der Waals surface area contributed by atoms with Crippen LogP contribution < -0.4 is 0 Å². The van der Waals surface area contributed by atoms with Crippen LogP contribution in [0.4, 0.5) is 8.78 Å². The van der Waals surface area contributed by atoms with Crippen molar-refractivity contribution in [2.45, 2.75) is 65.1 Å². The molecule has 2 heterocycles. The molecule has 23 heavy (non-hydrogen) atoms. The molecular weight excluding hydrogens is 304 g/mol. The maximum absolute atomic E-state index is 13.3. The third-order valence-corrected chi connectivity index (χ3v) is 4.11. The summed E-state index contributed by atoms with van der Waals surface area (Å²) in [5.41, 5.74) is -1.61. The molecule has 130 valence electrons. The second-order valence-electron chi connectivity index (χ2n) is 7.16. The molecule has 5 nitrogen and oxygen atoms in total. The molecule has 1 aliphatic heterocycles. The van der Waals surface area contributed by atoms with Gasteiger partial charge in [-0.05, 0) is 32.6 Å². The van der Waals surface area contributed by atoms with Crippen molar-refractivity contribution in [1.29, 1.82) is 0 Å². The Morgan fingerprint density at radius 2 is 2.13 bits per heavy atom. The lowest BCUT2D eigenvalue weighted by molar-refractivity contribution is -0.000112. The molecule has 0 spiro atoms. The summed E-state index contributed by atoms with van der Waals surface area (Å²) in [5, 5.41) is 14.3. The predicted octanol–water partition coefficient (Wildman–Crippen LogP) is 2.85. The van der Waals surface area contributed by atoms with Crippen molar-refractivity contribution < 1.29 is 18.7 Å². The number of carbonyl (C=O) groups excluding carboxylic acids is 1. The highest BCUT2D eigenvalue weighted by molar-refractivity contribution is 5.94. The summed E-state index contributed by atoms with van der Waals surface area (Å²) in [4.78, 5) is 14.2. The van der Waals surface area contributed by atoms with Crippen LogP contribution in [0.3, 0.4) is 0 Å². The number of carbonyl (C=O) groups is 1. The molecular formula is C16H25F2N3O2. The molecule has 1 unspecified atom stereocenters. The number of aliphatic hydroxyl groups is 1. The summed E-state index contributed by atoms with van der Waals surface area (Å²) in [6.45, 7) is 8.10. The van der Waals surface area contributed by atoms with E-state index in [4.69, 9.17) is 0 Å². The zero-order valence-electron chi connectivity index (χ0n) is 14.1. The number of alkyl halides is 2. The van der Waals surface area contributed by atoms with E-state index in [1.807, 2.05) is 13.8 Å². The van der Waals surface area contributed by atoms with Gasteiger partial charge in [0.2, 0.25) is 0 Å². The van der Waals surface area contributed by atoms with Crippen molar-refractivity contribution in [3.05, 3.63) is 17.5 Å². The van der Waals surface area contributed by atoms with Crippen molar-refractivity contribution in [3.63, 3.8) is 0 Å². The number of likely N-dealkylation sites (tertiary alicyclic amines) is 1. The molecule has 0 bridgehead atoms. The molecule has 1 amide bonds. The zero-order valence-corrected chi connectivity index (χ0v) is 14.1. The standard InChI is InChI=1S/C16H25F2N3O2/c1-10(2)8-20-9-11(14(17)18)13(19-20)15(22)21-7-5-6-12(21)16(3,4)23/h9-10,12,14,23H,5-8H2,1-4H3. The Balaban J connectivity index is 2.32. The van der Waals surface area contributed by atoms with Crippen LogP contribution in [0.5, 0.6) is 0 Å². The Hall–Kier alpha value is -1.50. The van der Waals surface area contributed by atoms with Crippen LogP contribution in [0.1, 0.15) is 63.0 Å². The lowest BCUT2D eigenvalue weighted by Gasteiger charge is -2.33. The summed E-state index contributed by atoms with van der Waals surface area (Å²) in [6.07, 6.45) is -0.0890. The molecule has 1 aromatic rings. The van der Waals surface area contributed by atoms with Gasteiger partial charge in [-0.25, -0.2) is 8.78 Å². The number of amides is 1. The van der Waals surface area contributed by atoms with Crippen LogP contribution in [-0.2, 0) is 6.54 Å². The predicted molar refractivity (Wildman–Crippen MR) is 82.4 cm³/mol. The lowest BCUT2D eigenvalue weighted by atomic mass is 9.96. The van der Waals surface area contributed by atoms with E-state index in [0.717, 1.165) is 6.42 Å². The first-order valence-electron chi connectivity index (χ1n) is 8.00. The fraction of sp³-hybridized carbons (Fsp3) is 0.750. The zero-order chi connectivity index (χ0) is 17.4. The molecule has 1 saturated heterocycles. The molecule has 0 aliphatic carbocycles. The van der Waals surface area contributed by atoms with Crippen LogP contribution in [0.2, 0.25) is 0 Å². The van der Waals surface area contributed by atoms with E-state index in [0.29, 0.717) is 19.5 Å². The van der Waals surface area contributed by atoms with Gasteiger partial charge in [0.25, 0.3) is 12.3 Å². The minimum Gasteiger partial charge on any atom is -0.388 e. The highest BCUT2D eigenvalue weighted by Crippen LogP contribution is 2.30. The van der Waals surface area contributed by atoms with Gasteiger partial charge < -0.3 is 10.0 Å². The third-order valence-electron chi connectivity index (χ3n) is 4.11. The second kappa shape index (κ2) is 6.55. The number of hydrogen-bond donors (Lipinski definition) is 1. The van der Waals surface area contributed by atoms with Gasteiger partial charge in [0.15, 0.2) is 5.69 Å². The quantitative estimate of drug-likeness (QED) is 0.904. The normalized spacial score (nSPS) is 19.2. The Kier molecular flexibility index (Phi) is 5.08. The van der Waals surface area contributed by atoms with E-state index >= 15 is 0 Å². The summed E-state index contributed by atoms with van der Waals surface area (Å²) >= 11 is 0. The first-order valence-corrected chi connectivity index (χ1v) is 8.00. The van der Waals surface area contributed by atoms with Crippen molar-refractivity contribution in [2.75, 3.05) is 6.54 Å². The molecule has 1 N–H and O–H groups in total. The number of halogens is 2. The summed E-state index contributed by atoms with van der Waals surface area (Å²) in [6, 6.07) is -0.379. The summed E-state index contributed by atoms with van der Waals surface area (Å²) < 4.78 is 28.0. The van der Waals surface area contributed by atoms with Gasteiger partial charge in [0.05, 0.1) is 17.2 Å². The minimum atomic E-state index is -2.75. The molecule has 0 radical (unpaired) electrons. The second-order valence-corrected chi connectivity index (χ2v) is 7.16. The molecule has 0 saturated carbocycles. The Morgan fingerprint density at radius 1 is 1.48 bits per heavy atom. The van der Waals surface area contributed by atoms with Gasteiger partial charge in [-0.3, -0.25) is 9.48 Å². The molecule has 1 atom stereocenters.